The van der Waals surface area contributed by atoms with Gasteiger partial charge >= 0.3 is 0 Å². The highest BCUT2D eigenvalue weighted by molar-refractivity contribution is 6.35. The van der Waals surface area contributed by atoms with E-state index in [0.29, 0.717) is 16.5 Å². The van der Waals surface area contributed by atoms with Crippen LogP contribution in [0.4, 0.5) is 20.4 Å². The van der Waals surface area contributed by atoms with E-state index >= 15 is 4.39 Å². The molecule has 0 aliphatic carbocycles. The molecule has 0 fully saturated rings. The maximum Gasteiger partial charge on any atom is 0.168 e. The molecule has 0 unspecified atom stereocenters. The van der Waals surface area contributed by atoms with Crippen LogP contribution in [0.3, 0.4) is 0 Å². The van der Waals surface area contributed by atoms with Crippen molar-refractivity contribution in [2.75, 3.05) is 12.0 Å². The van der Waals surface area contributed by atoms with Crippen LogP contribution < -0.4 is 9.64 Å². The van der Waals surface area contributed by atoms with Crippen molar-refractivity contribution in [3.63, 3.8) is 0 Å². The molecule has 0 aliphatic rings. The summed E-state index contributed by atoms with van der Waals surface area (Å²) in [4.78, 5) is 1.61. The molecule has 5 aromatic rings. The van der Waals surface area contributed by atoms with Crippen LogP contribution in [0.15, 0.2) is 60.7 Å². The van der Waals surface area contributed by atoms with Gasteiger partial charge in [0.2, 0.25) is 0 Å². The lowest BCUT2D eigenvalue weighted by Gasteiger charge is -2.25. The lowest BCUT2D eigenvalue weighted by Crippen LogP contribution is -2.21. The SMILES string of the molecule is COc1ccc(CN(c2nnc(Cl)c3c(F)cccc23)c2nnc(Cl)c3cccc(F)c23)cc1. The Balaban J connectivity index is 1.79. The van der Waals surface area contributed by atoms with Crippen LogP contribution in [0.25, 0.3) is 21.5 Å². The van der Waals surface area contributed by atoms with Crippen LogP contribution >= 0.6 is 23.2 Å². The van der Waals surface area contributed by atoms with Crippen LogP contribution in [-0.2, 0) is 6.54 Å². The molecule has 2 heterocycles. The lowest BCUT2D eigenvalue weighted by atomic mass is 10.1. The van der Waals surface area contributed by atoms with E-state index < -0.39 is 11.6 Å². The fraction of sp³-hybridized carbons (Fsp3) is 0.0833. The highest BCUT2D eigenvalue weighted by atomic mass is 35.5. The van der Waals surface area contributed by atoms with Crippen LogP contribution in [0.2, 0.25) is 10.3 Å². The van der Waals surface area contributed by atoms with Gasteiger partial charge in [0.05, 0.1) is 24.4 Å². The topological polar surface area (TPSA) is 64.0 Å². The van der Waals surface area contributed by atoms with Gasteiger partial charge in [0.25, 0.3) is 0 Å². The Morgan fingerprint density at radius 3 is 2.06 bits per heavy atom. The van der Waals surface area contributed by atoms with Crippen molar-refractivity contribution in [3.05, 3.63) is 88.2 Å². The van der Waals surface area contributed by atoms with Crippen LogP contribution in [-0.4, -0.2) is 27.5 Å². The second kappa shape index (κ2) is 8.96. The molecule has 0 spiro atoms. The molecule has 6 nitrogen and oxygen atoms in total. The zero-order chi connectivity index (χ0) is 23.8. The average molecular weight is 498 g/mol. The first-order chi connectivity index (χ1) is 16.5. The molecule has 0 saturated heterocycles. The van der Waals surface area contributed by atoms with E-state index in [2.05, 4.69) is 20.4 Å². The van der Waals surface area contributed by atoms with Crippen molar-refractivity contribution in [2.24, 2.45) is 0 Å². The minimum Gasteiger partial charge on any atom is -0.497 e. The lowest BCUT2D eigenvalue weighted by molar-refractivity contribution is 0.414. The fourth-order valence-corrected chi connectivity index (χ4v) is 4.21. The summed E-state index contributed by atoms with van der Waals surface area (Å²) in [5.74, 6) is -0.0361. The first kappa shape index (κ1) is 22.2. The number of nitrogens with zero attached hydrogens (tertiary/aromatic N) is 5. The minimum atomic E-state index is -0.554. The predicted octanol–water partition coefficient (Wildman–Crippen LogP) is 6.50. The number of rotatable bonds is 5. The molecule has 2 aromatic heterocycles. The van der Waals surface area contributed by atoms with Gasteiger partial charge in [0.15, 0.2) is 21.9 Å². The maximum atomic E-state index is 15.1. The Hall–Kier alpha value is -3.62. The van der Waals surface area contributed by atoms with Gasteiger partial charge in [-0.1, -0.05) is 59.6 Å². The van der Waals surface area contributed by atoms with Gasteiger partial charge in [-0.15, -0.1) is 20.4 Å². The molecule has 170 valence electrons. The molecule has 0 N–H and O–H groups in total. The number of ether oxygens (including phenoxy) is 1. The number of hydrogen-bond acceptors (Lipinski definition) is 6. The highest BCUT2D eigenvalue weighted by Crippen LogP contribution is 2.38. The molecule has 0 aliphatic heterocycles. The molecule has 0 saturated carbocycles. The summed E-state index contributed by atoms with van der Waals surface area (Å²) in [6.45, 7) is 0.186. The van der Waals surface area contributed by atoms with Gasteiger partial charge in [-0.3, -0.25) is 0 Å². The zero-order valence-corrected chi connectivity index (χ0v) is 19.1. The average Bonchev–Trinajstić information content (AvgIpc) is 2.84. The fourth-order valence-electron chi connectivity index (χ4n) is 3.79. The van der Waals surface area contributed by atoms with Crippen LogP contribution in [0, 0.1) is 11.6 Å². The van der Waals surface area contributed by atoms with Crippen molar-refractivity contribution in [2.45, 2.75) is 6.54 Å². The summed E-state index contributed by atoms with van der Waals surface area (Å²) in [7, 11) is 1.57. The van der Waals surface area contributed by atoms with Crippen molar-refractivity contribution < 1.29 is 13.5 Å². The first-order valence-electron chi connectivity index (χ1n) is 10.1. The normalized spacial score (nSPS) is 11.2. The highest BCUT2D eigenvalue weighted by Gasteiger charge is 2.24. The molecule has 34 heavy (non-hydrogen) atoms. The number of aromatic nitrogens is 4. The Morgan fingerprint density at radius 1 is 0.735 bits per heavy atom. The molecule has 5 rings (SSSR count). The van der Waals surface area contributed by atoms with Crippen molar-refractivity contribution in [1.29, 1.82) is 0 Å². The molecule has 0 amide bonds. The van der Waals surface area contributed by atoms with E-state index in [4.69, 9.17) is 27.9 Å². The number of benzene rings is 3. The summed E-state index contributed by atoms with van der Waals surface area (Å²) in [5, 5.41) is 17.4. The Labute approximate surface area is 202 Å². The zero-order valence-electron chi connectivity index (χ0n) is 17.6. The predicted molar refractivity (Wildman–Crippen MR) is 128 cm³/mol. The first-order valence-corrected chi connectivity index (χ1v) is 10.8. The smallest absolute Gasteiger partial charge is 0.168 e. The number of hydrogen-bond donors (Lipinski definition) is 0. The van der Waals surface area contributed by atoms with Crippen molar-refractivity contribution in [3.8, 4) is 5.75 Å². The quantitative estimate of drug-likeness (QED) is 0.276. The van der Waals surface area contributed by atoms with Gasteiger partial charge in [-0.25, -0.2) is 8.78 Å². The van der Waals surface area contributed by atoms with Crippen molar-refractivity contribution >= 4 is 56.4 Å². The summed E-state index contributed by atoms with van der Waals surface area (Å²) >= 11 is 12.4. The van der Waals surface area contributed by atoms with Gasteiger partial charge in [0, 0.05) is 10.8 Å². The van der Waals surface area contributed by atoms with E-state index in [1.54, 1.807) is 36.3 Å². The van der Waals surface area contributed by atoms with E-state index in [-0.39, 0.29) is 39.3 Å². The summed E-state index contributed by atoms with van der Waals surface area (Å²) in [5.41, 5.74) is 0.823. The maximum absolute atomic E-state index is 15.1. The monoisotopic (exact) mass is 497 g/mol. The second-order valence-corrected chi connectivity index (χ2v) is 8.10. The number of halogens is 4. The van der Waals surface area contributed by atoms with Gasteiger partial charge < -0.3 is 9.64 Å². The molecule has 0 radical (unpaired) electrons. The molecular formula is C24H15Cl2F2N5O. The van der Waals surface area contributed by atoms with Gasteiger partial charge in [-0.05, 0) is 29.8 Å². The van der Waals surface area contributed by atoms with Gasteiger partial charge in [0.1, 0.15) is 17.4 Å². The Bertz CT molecular complexity index is 1520. The minimum absolute atomic E-state index is 0.0562. The van der Waals surface area contributed by atoms with E-state index in [1.165, 1.54) is 24.3 Å². The number of anilines is 2. The van der Waals surface area contributed by atoms with Crippen LogP contribution in [0.5, 0.6) is 5.75 Å². The molecule has 3 aromatic carbocycles. The van der Waals surface area contributed by atoms with Crippen molar-refractivity contribution in [1.82, 2.24) is 20.4 Å². The second-order valence-electron chi connectivity index (χ2n) is 7.39. The Morgan fingerprint density at radius 2 is 1.35 bits per heavy atom. The molecule has 0 bridgehead atoms. The number of fused-ring (bicyclic) bond motifs is 2. The van der Waals surface area contributed by atoms with Crippen LogP contribution in [0.1, 0.15) is 5.56 Å². The molecular weight excluding hydrogens is 483 g/mol. The molecule has 10 heteroatoms. The third-order valence-electron chi connectivity index (χ3n) is 5.40. The third-order valence-corrected chi connectivity index (χ3v) is 5.94. The largest absolute Gasteiger partial charge is 0.497 e. The number of methoxy groups -OCH3 is 1. The van der Waals surface area contributed by atoms with E-state index in [1.807, 2.05) is 12.1 Å². The third kappa shape index (κ3) is 3.85. The summed E-state index contributed by atoms with van der Waals surface area (Å²) in [6, 6.07) is 16.3. The molecule has 0 atom stereocenters. The van der Waals surface area contributed by atoms with Gasteiger partial charge in [-0.2, -0.15) is 0 Å². The summed E-state index contributed by atoms with van der Waals surface area (Å²) in [6.07, 6.45) is 0. The van der Waals surface area contributed by atoms with E-state index in [0.717, 1.165) is 5.56 Å². The standard InChI is InChI=1S/C24H15Cl2F2N5O/c1-34-14-10-8-13(9-11-14)12-33(23-16-5-3-6-17(27)19(16)22(26)30-31-23)24-20-15(21(25)29-32-24)4-2-7-18(20)28/h2-11H,12H2,1H3. The summed E-state index contributed by atoms with van der Waals surface area (Å²) < 4.78 is 35.0. The van der Waals surface area contributed by atoms with E-state index in [9.17, 15) is 4.39 Å². The Kier molecular flexibility index (Phi) is 5.85.